The van der Waals surface area contributed by atoms with E-state index < -0.39 is 19.7 Å². The van der Waals surface area contributed by atoms with Crippen molar-refractivity contribution < 1.29 is 19.1 Å². The van der Waals surface area contributed by atoms with Gasteiger partial charge in [0.15, 0.2) is 8.32 Å². The van der Waals surface area contributed by atoms with Gasteiger partial charge < -0.3 is 14.3 Å². The van der Waals surface area contributed by atoms with Gasteiger partial charge >= 0.3 is 5.97 Å². The fourth-order valence-electron chi connectivity index (χ4n) is 4.37. The lowest BCUT2D eigenvalue weighted by molar-refractivity contribution is -0.147. The van der Waals surface area contributed by atoms with Crippen LogP contribution in [0.25, 0.3) is 10.9 Å². The zero-order valence-corrected chi connectivity index (χ0v) is 27.6. The third-order valence-corrected chi connectivity index (χ3v) is 12.9. The van der Waals surface area contributed by atoms with E-state index in [4.69, 9.17) is 14.1 Å². The molecular formula is C36H49NO4Si. The van der Waals surface area contributed by atoms with E-state index in [0.29, 0.717) is 31.7 Å². The topological polar surface area (TPSA) is 68.7 Å². The predicted molar refractivity (Wildman–Crippen MR) is 175 cm³/mol. The number of fused-ring (bicyclic) bond motifs is 1. The monoisotopic (exact) mass is 587 g/mol. The molecule has 3 rings (SSSR count). The van der Waals surface area contributed by atoms with Crippen LogP contribution >= 0.6 is 0 Å². The SMILES string of the molecule is CC(C)(CCC#CCC(O[Si](C)(C)C(C)(C)C)c1cc2ccccc2nc1OCCCCCc1ccccc1)C(=O)O. The van der Waals surface area contributed by atoms with Gasteiger partial charge in [-0.2, -0.15) is 0 Å². The van der Waals surface area contributed by atoms with Crippen molar-refractivity contribution in [3.63, 3.8) is 0 Å². The van der Waals surface area contributed by atoms with Crippen LogP contribution < -0.4 is 4.74 Å². The minimum atomic E-state index is -2.16. The van der Waals surface area contributed by atoms with Gasteiger partial charge in [-0.05, 0) is 81.8 Å². The molecule has 1 aromatic heterocycles. The highest BCUT2D eigenvalue weighted by Gasteiger charge is 2.40. The summed E-state index contributed by atoms with van der Waals surface area (Å²) in [5.74, 6) is 6.35. The number of carboxylic acids is 1. The number of para-hydroxylation sites is 1. The molecule has 0 fully saturated rings. The Hall–Kier alpha value is -3.14. The first-order chi connectivity index (χ1) is 19.8. The van der Waals surface area contributed by atoms with Gasteiger partial charge in [0, 0.05) is 23.8 Å². The second-order valence-corrected chi connectivity index (χ2v) is 18.1. The molecule has 0 amide bonds. The van der Waals surface area contributed by atoms with Crippen LogP contribution in [0.5, 0.6) is 5.88 Å². The summed E-state index contributed by atoms with van der Waals surface area (Å²) in [4.78, 5) is 16.4. The van der Waals surface area contributed by atoms with Gasteiger partial charge in [-0.3, -0.25) is 4.79 Å². The second-order valence-electron chi connectivity index (χ2n) is 13.3. The molecular weight excluding hydrogens is 538 g/mol. The molecule has 226 valence electrons. The molecule has 1 unspecified atom stereocenters. The number of aromatic nitrogens is 1. The molecule has 1 heterocycles. The Morgan fingerprint density at radius 2 is 1.64 bits per heavy atom. The van der Waals surface area contributed by atoms with E-state index in [9.17, 15) is 9.90 Å². The molecule has 5 nitrogen and oxygen atoms in total. The molecule has 42 heavy (non-hydrogen) atoms. The van der Waals surface area contributed by atoms with E-state index in [1.165, 1.54) is 5.56 Å². The van der Waals surface area contributed by atoms with Crippen molar-refractivity contribution in [2.45, 2.75) is 104 Å². The molecule has 0 bridgehead atoms. The summed E-state index contributed by atoms with van der Waals surface area (Å²) in [6, 6.07) is 20.9. The number of hydrogen-bond donors (Lipinski definition) is 1. The maximum absolute atomic E-state index is 11.5. The quantitative estimate of drug-likeness (QED) is 0.116. The van der Waals surface area contributed by atoms with Crippen LogP contribution in [0, 0.1) is 17.3 Å². The highest BCUT2D eigenvalue weighted by molar-refractivity contribution is 6.74. The number of pyridine rings is 1. The third kappa shape index (κ3) is 9.71. The van der Waals surface area contributed by atoms with Gasteiger partial charge in [0.25, 0.3) is 0 Å². The largest absolute Gasteiger partial charge is 0.481 e. The van der Waals surface area contributed by atoms with Crippen LogP contribution in [0.3, 0.4) is 0 Å². The van der Waals surface area contributed by atoms with Gasteiger partial charge in [-0.1, -0.05) is 69.3 Å². The number of aliphatic carboxylic acids is 1. The number of hydrogen-bond acceptors (Lipinski definition) is 4. The van der Waals surface area contributed by atoms with Crippen LogP contribution in [0.4, 0.5) is 0 Å². The van der Waals surface area contributed by atoms with Gasteiger partial charge in [0.05, 0.1) is 23.6 Å². The van der Waals surface area contributed by atoms with E-state index in [0.717, 1.165) is 42.1 Å². The predicted octanol–water partition coefficient (Wildman–Crippen LogP) is 9.37. The molecule has 6 heteroatoms. The second kappa shape index (κ2) is 14.8. The maximum atomic E-state index is 11.5. The van der Waals surface area contributed by atoms with Crippen LogP contribution in [-0.2, 0) is 15.6 Å². The first-order valence-corrected chi connectivity index (χ1v) is 18.1. The Bertz CT molecular complexity index is 1370. The number of unbranched alkanes of at least 4 members (excludes halogenated alkanes) is 2. The van der Waals surface area contributed by atoms with E-state index in [-0.39, 0.29) is 11.1 Å². The summed E-state index contributed by atoms with van der Waals surface area (Å²) in [6.07, 6.45) is 5.45. The van der Waals surface area contributed by atoms with Crippen molar-refractivity contribution >= 4 is 25.2 Å². The summed E-state index contributed by atoms with van der Waals surface area (Å²) >= 11 is 0. The summed E-state index contributed by atoms with van der Waals surface area (Å²) in [6.45, 7) is 15.3. The van der Waals surface area contributed by atoms with Crippen molar-refractivity contribution in [2.24, 2.45) is 5.41 Å². The number of benzene rings is 2. The van der Waals surface area contributed by atoms with Crippen LogP contribution in [0.15, 0.2) is 60.7 Å². The number of nitrogens with zero attached hydrogens (tertiary/aromatic N) is 1. The van der Waals surface area contributed by atoms with Gasteiger partial charge in [-0.25, -0.2) is 4.98 Å². The molecule has 0 radical (unpaired) electrons. The molecule has 3 aromatic rings. The average molecular weight is 588 g/mol. The van der Waals surface area contributed by atoms with Crippen LogP contribution in [0.2, 0.25) is 18.1 Å². The van der Waals surface area contributed by atoms with E-state index >= 15 is 0 Å². The maximum Gasteiger partial charge on any atom is 0.309 e. The number of ether oxygens (including phenoxy) is 1. The standard InChI is InChI=1S/C36H49NO4Si/c1-35(2,3)42(6,7)41-32(24-14-9-17-25-36(4,5)34(38)39)30-27-29-22-15-16-23-31(29)37-33(30)40-26-18-10-13-21-28-19-11-8-12-20-28/h8,11-12,15-16,19-20,22-23,27,32H,10,13,17-18,21,24-26H2,1-7H3,(H,38,39). The highest BCUT2D eigenvalue weighted by Crippen LogP contribution is 2.42. The van der Waals surface area contributed by atoms with E-state index in [1.54, 1.807) is 13.8 Å². The molecule has 0 saturated heterocycles. The first kappa shape index (κ1) is 33.4. The number of carbonyl (C=O) groups is 1. The Balaban J connectivity index is 1.81. The molecule has 0 aliphatic heterocycles. The van der Waals surface area contributed by atoms with E-state index in [1.807, 2.05) is 18.2 Å². The third-order valence-electron chi connectivity index (χ3n) is 8.36. The lowest BCUT2D eigenvalue weighted by Crippen LogP contribution is -2.41. The summed E-state index contributed by atoms with van der Waals surface area (Å²) < 4.78 is 13.4. The summed E-state index contributed by atoms with van der Waals surface area (Å²) in [5.41, 5.74) is 2.40. The Kier molecular flexibility index (Phi) is 11.8. The highest BCUT2D eigenvalue weighted by atomic mass is 28.4. The van der Waals surface area contributed by atoms with Crippen LogP contribution in [0.1, 0.15) is 90.4 Å². The molecule has 0 spiro atoms. The smallest absolute Gasteiger partial charge is 0.309 e. The fourth-order valence-corrected chi connectivity index (χ4v) is 5.64. The number of aryl methyl sites for hydroxylation is 1. The Morgan fingerprint density at radius 1 is 0.952 bits per heavy atom. The van der Waals surface area contributed by atoms with E-state index in [2.05, 4.69) is 88.2 Å². The van der Waals surface area contributed by atoms with Crippen molar-refractivity contribution in [2.75, 3.05) is 6.61 Å². The fraction of sp³-hybridized carbons (Fsp3) is 0.500. The lowest BCUT2D eigenvalue weighted by Gasteiger charge is -2.39. The summed E-state index contributed by atoms with van der Waals surface area (Å²) in [7, 11) is -2.16. The zero-order chi connectivity index (χ0) is 30.8. The molecule has 2 aromatic carbocycles. The normalized spacial score (nSPS) is 12.9. The molecule has 1 N–H and O–H groups in total. The van der Waals surface area contributed by atoms with Crippen molar-refractivity contribution in [3.8, 4) is 17.7 Å². The van der Waals surface area contributed by atoms with Gasteiger partial charge in [0.2, 0.25) is 5.88 Å². The first-order valence-electron chi connectivity index (χ1n) is 15.2. The van der Waals surface area contributed by atoms with Crippen molar-refractivity contribution in [1.82, 2.24) is 4.98 Å². The van der Waals surface area contributed by atoms with Crippen LogP contribution in [-0.4, -0.2) is 31.0 Å². The van der Waals surface area contributed by atoms with Gasteiger partial charge in [0.1, 0.15) is 0 Å². The van der Waals surface area contributed by atoms with Gasteiger partial charge in [-0.15, -0.1) is 11.8 Å². The Morgan fingerprint density at radius 3 is 2.33 bits per heavy atom. The minimum absolute atomic E-state index is 0.0221. The lowest BCUT2D eigenvalue weighted by atomic mass is 9.88. The molecule has 1 atom stereocenters. The Labute approximate surface area is 254 Å². The van der Waals surface area contributed by atoms with Crippen molar-refractivity contribution in [1.29, 1.82) is 0 Å². The minimum Gasteiger partial charge on any atom is -0.481 e. The molecule has 0 aliphatic rings. The molecule has 0 aliphatic carbocycles. The summed E-state index contributed by atoms with van der Waals surface area (Å²) in [5, 5.41) is 10.5. The number of rotatable bonds is 14. The average Bonchev–Trinajstić information content (AvgIpc) is 2.93. The zero-order valence-electron chi connectivity index (χ0n) is 26.6. The molecule has 0 saturated carbocycles. The van der Waals surface area contributed by atoms with Crippen molar-refractivity contribution in [3.05, 3.63) is 71.8 Å². The number of carboxylic acid groups (broad SMARTS) is 1.